The van der Waals surface area contributed by atoms with E-state index in [0.717, 1.165) is 0 Å². The lowest BCUT2D eigenvalue weighted by molar-refractivity contribution is -0.143. The molecule has 0 saturated heterocycles. The first-order valence-corrected chi connectivity index (χ1v) is 3.92. The molecule has 1 aromatic rings. The third-order valence-electron chi connectivity index (χ3n) is 1.64. The third kappa shape index (κ3) is 2.30. The van der Waals surface area contributed by atoms with Gasteiger partial charge in [0.05, 0.1) is 5.69 Å². The van der Waals surface area contributed by atoms with Crippen LogP contribution in [0.1, 0.15) is 23.1 Å². The number of carbonyl (C=O) groups excluding carboxylic acids is 1. The van der Waals surface area contributed by atoms with Gasteiger partial charge in [0.25, 0.3) is 0 Å². The smallest absolute Gasteiger partial charge is 0.296 e. The molecule has 14 heavy (non-hydrogen) atoms. The summed E-state index contributed by atoms with van der Waals surface area (Å²) in [5.74, 6) is 0. The topological polar surface area (TPSA) is 47.8 Å². The van der Waals surface area contributed by atoms with Gasteiger partial charge < -0.3 is 0 Å². The second-order valence-corrected chi connectivity index (χ2v) is 2.67. The molecular weight excluding hydrogens is 199 g/mol. The molecule has 1 aromatic heterocycles. The summed E-state index contributed by atoms with van der Waals surface area (Å²) in [6, 6.07) is 0. The zero-order valence-corrected chi connectivity index (χ0v) is 7.38. The van der Waals surface area contributed by atoms with Gasteiger partial charge in [-0.3, -0.25) is 4.79 Å². The van der Waals surface area contributed by atoms with Gasteiger partial charge in [-0.1, -0.05) is 12.1 Å². The van der Waals surface area contributed by atoms with Gasteiger partial charge in [0.2, 0.25) is 0 Å². The standard InChI is InChI=1S/C7H8F3N3O/c1-2-6-5(3-14)11-12-13(6)4-7(8,9)10/h3H,2,4H2,1H3. The van der Waals surface area contributed by atoms with E-state index in [1.165, 1.54) is 0 Å². The fourth-order valence-corrected chi connectivity index (χ4v) is 1.10. The molecule has 0 saturated carbocycles. The lowest BCUT2D eigenvalue weighted by Crippen LogP contribution is -2.20. The molecule has 0 bridgehead atoms. The number of carbonyl (C=O) groups is 1. The summed E-state index contributed by atoms with van der Waals surface area (Å²) in [5, 5.41) is 6.59. The van der Waals surface area contributed by atoms with Crippen molar-refractivity contribution in [1.82, 2.24) is 15.0 Å². The second kappa shape index (κ2) is 3.77. The van der Waals surface area contributed by atoms with E-state index in [9.17, 15) is 18.0 Å². The van der Waals surface area contributed by atoms with Gasteiger partial charge in [-0.05, 0) is 6.42 Å². The van der Waals surface area contributed by atoms with Crippen LogP contribution in [-0.2, 0) is 13.0 Å². The monoisotopic (exact) mass is 207 g/mol. The van der Waals surface area contributed by atoms with Gasteiger partial charge in [-0.2, -0.15) is 13.2 Å². The van der Waals surface area contributed by atoms with Crippen LogP contribution < -0.4 is 0 Å². The number of alkyl halides is 3. The lowest BCUT2D eigenvalue weighted by Gasteiger charge is -2.07. The largest absolute Gasteiger partial charge is 0.408 e. The Bertz CT molecular complexity index is 331. The number of hydrogen-bond donors (Lipinski definition) is 0. The summed E-state index contributed by atoms with van der Waals surface area (Å²) >= 11 is 0. The third-order valence-corrected chi connectivity index (χ3v) is 1.64. The highest BCUT2D eigenvalue weighted by Crippen LogP contribution is 2.18. The van der Waals surface area contributed by atoms with Gasteiger partial charge in [0.1, 0.15) is 12.2 Å². The number of nitrogens with zero attached hydrogens (tertiary/aromatic N) is 3. The van der Waals surface area contributed by atoms with Crippen molar-refractivity contribution in [2.75, 3.05) is 0 Å². The van der Waals surface area contributed by atoms with Gasteiger partial charge >= 0.3 is 6.18 Å². The van der Waals surface area contributed by atoms with Crippen LogP contribution in [0.15, 0.2) is 0 Å². The maximum absolute atomic E-state index is 12.0. The van der Waals surface area contributed by atoms with Gasteiger partial charge in [-0.15, -0.1) is 5.10 Å². The van der Waals surface area contributed by atoms with Crippen molar-refractivity contribution in [3.63, 3.8) is 0 Å². The zero-order chi connectivity index (χ0) is 10.8. The summed E-state index contributed by atoms with van der Waals surface area (Å²) in [5.41, 5.74) is 0.175. The van der Waals surface area contributed by atoms with E-state index in [1.807, 2.05) is 0 Å². The summed E-state index contributed by atoms with van der Waals surface area (Å²) in [4.78, 5) is 10.4. The van der Waals surface area contributed by atoms with Crippen LogP contribution >= 0.6 is 0 Å². The van der Waals surface area contributed by atoms with E-state index in [-0.39, 0.29) is 17.8 Å². The fourth-order valence-electron chi connectivity index (χ4n) is 1.10. The molecular formula is C7H8F3N3O. The molecule has 0 atom stereocenters. The average Bonchev–Trinajstić information content (AvgIpc) is 2.43. The maximum atomic E-state index is 12.0. The van der Waals surface area contributed by atoms with E-state index in [2.05, 4.69) is 10.3 Å². The van der Waals surface area contributed by atoms with Crippen molar-refractivity contribution in [3.05, 3.63) is 11.4 Å². The number of halogens is 3. The number of rotatable bonds is 3. The van der Waals surface area contributed by atoms with E-state index >= 15 is 0 Å². The molecule has 0 radical (unpaired) electrons. The van der Waals surface area contributed by atoms with Crippen molar-refractivity contribution in [1.29, 1.82) is 0 Å². The summed E-state index contributed by atoms with van der Waals surface area (Å²) in [6.07, 6.45) is -3.66. The summed E-state index contributed by atoms with van der Waals surface area (Å²) < 4.78 is 36.7. The minimum Gasteiger partial charge on any atom is -0.296 e. The van der Waals surface area contributed by atoms with E-state index < -0.39 is 12.7 Å². The first kappa shape index (κ1) is 10.7. The Morgan fingerprint density at radius 2 is 2.14 bits per heavy atom. The van der Waals surface area contributed by atoms with E-state index in [4.69, 9.17) is 0 Å². The molecule has 0 amide bonds. The number of hydrogen-bond acceptors (Lipinski definition) is 3. The Balaban J connectivity index is 2.98. The highest BCUT2D eigenvalue weighted by Gasteiger charge is 2.30. The molecule has 7 heteroatoms. The van der Waals surface area contributed by atoms with Crippen molar-refractivity contribution < 1.29 is 18.0 Å². The first-order valence-electron chi connectivity index (χ1n) is 3.92. The molecule has 0 aromatic carbocycles. The van der Waals surface area contributed by atoms with Crippen LogP contribution in [-0.4, -0.2) is 27.5 Å². The average molecular weight is 207 g/mol. The van der Waals surface area contributed by atoms with Gasteiger partial charge in [0.15, 0.2) is 6.29 Å². The first-order chi connectivity index (χ1) is 6.48. The van der Waals surface area contributed by atoms with Crippen molar-refractivity contribution in [2.45, 2.75) is 26.1 Å². The normalized spacial score (nSPS) is 11.7. The molecule has 0 fully saturated rings. The molecule has 4 nitrogen and oxygen atoms in total. The van der Waals surface area contributed by atoms with Crippen LogP contribution in [0.2, 0.25) is 0 Å². The van der Waals surface area contributed by atoms with Crippen LogP contribution in [0.4, 0.5) is 13.2 Å². The minimum atomic E-state index is -4.35. The van der Waals surface area contributed by atoms with Crippen molar-refractivity contribution in [2.24, 2.45) is 0 Å². The number of aromatic nitrogens is 3. The van der Waals surface area contributed by atoms with Crippen LogP contribution in [0, 0.1) is 0 Å². The molecule has 0 unspecified atom stereocenters. The Morgan fingerprint density at radius 3 is 2.57 bits per heavy atom. The van der Waals surface area contributed by atoms with E-state index in [1.54, 1.807) is 6.92 Å². The molecule has 0 aliphatic carbocycles. The molecule has 0 N–H and O–H groups in total. The molecule has 0 aliphatic heterocycles. The minimum absolute atomic E-state index is 0.0308. The molecule has 1 rings (SSSR count). The fraction of sp³-hybridized carbons (Fsp3) is 0.571. The van der Waals surface area contributed by atoms with Crippen LogP contribution in [0.3, 0.4) is 0 Å². The maximum Gasteiger partial charge on any atom is 0.408 e. The van der Waals surface area contributed by atoms with Crippen molar-refractivity contribution >= 4 is 6.29 Å². The van der Waals surface area contributed by atoms with Crippen LogP contribution in [0.5, 0.6) is 0 Å². The quantitative estimate of drug-likeness (QED) is 0.700. The summed E-state index contributed by atoms with van der Waals surface area (Å²) in [7, 11) is 0. The molecule has 0 spiro atoms. The molecule has 0 aliphatic rings. The Hall–Kier alpha value is -1.40. The number of aldehydes is 1. The van der Waals surface area contributed by atoms with E-state index in [0.29, 0.717) is 11.0 Å². The van der Waals surface area contributed by atoms with Gasteiger partial charge in [-0.25, -0.2) is 4.68 Å². The zero-order valence-electron chi connectivity index (χ0n) is 7.38. The SMILES string of the molecule is CCc1c(C=O)nnn1CC(F)(F)F. The second-order valence-electron chi connectivity index (χ2n) is 2.67. The predicted octanol–water partition coefficient (Wildman–Crippen LogP) is 1.22. The predicted molar refractivity (Wildman–Crippen MR) is 40.8 cm³/mol. The van der Waals surface area contributed by atoms with Crippen molar-refractivity contribution in [3.8, 4) is 0 Å². The highest BCUT2D eigenvalue weighted by molar-refractivity contribution is 5.73. The Kier molecular flexibility index (Phi) is 2.87. The Labute approximate surface area is 77.7 Å². The summed E-state index contributed by atoms with van der Waals surface area (Å²) in [6.45, 7) is 0.426. The molecule has 1 heterocycles. The molecule has 78 valence electrons. The lowest BCUT2D eigenvalue weighted by atomic mass is 10.3. The van der Waals surface area contributed by atoms with Gasteiger partial charge in [0, 0.05) is 0 Å². The Morgan fingerprint density at radius 1 is 1.50 bits per heavy atom. The highest BCUT2D eigenvalue weighted by atomic mass is 19.4. The van der Waals surface area contributed by atoms with Crippen LogP contribution in [0.25, 0.3) is 0 Å².